The number of amides is 2. The van der Waals surface area contributed by atoms with Crippen LogP contribution >= 0.6 is 24.2 Å². The molecule has 0 aliphatic carbocycles. The molecule has 0 saturated carbocycles. The van der Waals surface area contributed by atoms with Gasteiger partial charge in [-0.1, -0.05) is 36.4 Å². The molecule has 2 amide bonds. The van der Waals surface area contributed by atoms with Gasteiger partial charge in [-0.2, -0.15) is 0 Å². The highest BCUT2D eigenvalue weighted by molar-refractivity contribution is 6.39. The molecule has 3 aromatic rings. The average molecular weight is 408 g/mol. The molecule has 0 radical (unpaired) electrons. The summed E-state index contributed by atoms with van der Waals surface area (Å²) in [7, 11) is 0. The first-order valence-electron chi connectivity index (χ1n) is 7.83. The quantitative estimate of drug-likeness (QED) is 0.522. The molecule has 2 N–H and O–H groups in total. The lowest BCUT2D eigenvalue weighted by atomic mass is 9.99. The van der Waals surface area contributed by atoms with Crippen LogP contribution in [0.1, 0.15) is 6.92 Å². The monoisotopic (exact) mass is 407 g/mol. The van der Waals surface area contributed by atoms with Gasteiger partial charge in [0.2, 0.25) is 5.91 Å². The third kappa shape index (κ3) is 4.02. The van der Waals surface area contributed by atoms with Crippen molar-refractivity contribution in [2.45, 2.75) is 6.92 Å². The van der Waals surface area contributed by atoms with Gasteiger partial charge in [-0.15, -0.1) is 12.4 Å². The van der Waals surface area contributed by atoms with Crippen molar-refractivity contribution >= 4 is 52.6 Å². The number of carbonyl (C=O) groups excluding carboxylic acids is 2. The van der Waals surface area contributed by atoms with Crippen LogP contribution in [0.25, 0.3) is 21.9 Å². The molecule has 1 aromatic heterocycles. The summed E-state index contributed by atoms with van der Waals surface area (Å²) in [6, 6.07) is 13.2. The van der Waals surface area contributed by atoms with Gasteiger partial charge in [0.15, 0.2) is 5.82 Å². The second-order valence-electron chi connectivity index (χ2n) is 5.79. The molecule has 140 valence electrons. The number of aromatic nitrogens is 1. The van der Waals surface area contributed by atoms with E-state index in [4.69, 9.17) is 17.5 Å². The first-order chi connectivity index (χ1) is 12.4. The van der Waals surface area contributed by atoms with E-state index in [0.29, 0.717) is 11.1 Å². The number of rotatable bonds is 4. The molecule has 1 heterocycles. The lowest BCUT2D eigenvalue weighted by Gasteiger charge is -2.20. The predicted molar refractivity (Wildman–Crippen MR) is 106 cm³/mol. The van der Waals surface area contributed by atoms with E-state index in [2.05, 4.69) is 4.98 Å². The number of hydrogen-bond acceptors (Lipinski definition) is 3. The highest BCUT2D eigenvalue weighted by Gasteiger charge is 2.28. The van der Waals surface area contributed by atoms with Crippen LogP contribution in [-0.4, -0.2) is 16.8 Å². The molecule has 3 rings (SSSR count). The van der Waals surface area contributed by atoms with E-state index in [1.807, 2.05) is 24.3 Å². The zero-order valence-electron chi connectivity index (χ0n) is 14.2. The zero-order chi connectivity index (χ0) is 18.8. The van der Waals surface area contributed by atoms with Gasteiger partial charge in [0.25, 0.3) is 5.91 Å². The van der Waals surface area contributed by atoms with Crippen molar-refractivity contribution in [3.63, 3.8) is 0 Å². The van der Waals surface area contributed by atoms with Gasteiger partial charge >= 0.3 is 0 Å². The van der Waals surface area contributed by atoms with Crippen molar-refractivity contribution in [1.29, 1.82) is 0 Å². The number of nitrogens with zero attached hydrogens (tertiary/aromatic N) is 2. The molecule has 0 bridgehead atoms. The van der Waals surface area contributed by atoms with Gasteiger partial charge in [-0.3, -0.25) is 9.59 Å². The Morgan fingerprint density at radius 3 is 2.41 bits per heavy atom. The van der Waals surface area contributed by atoms with Gasteiger partial charge in [0.05, 0.1) is 0 Å². The van der Waals surface area contributed by atoms with Crippen LogP contribution in [-0.2, 0) is 9.59 Å². The summed E-state index contributed by atoms with van der Waals surface area (Å²) >= 11 is 6.22. The van der Waals surface area contributed by atoms with E-state index in [0.717, 1.165) is 15.2 Å². The Bertz CT molecular complexity index is 996. The molecule has 0 fully saturated rings. The van der Waals surface area contributed by atoms with Crippen molar-refractivity contribution < 1.29 is 14.0 Å². The van der Waals surface area contributed by atoms with E-state index < -0.39 is 17.7 Å². The molecule has 8 heteroatoms. The standard InChI is InChI=1S/C19H15ClFN3O2.ClH/c1-11(17(22)25)19(26)24(20)18-16(12-6-8-14(21)9-7-12)15-5-3-2-4-13(15)10-23-18;/h2-11H,1H3,(H2,22,25);1H. The molecule has 2 aromatic carbocycles. The number of nitrogens with two attached hydrogens (primary N) is 1. The Morgan fingerprint density at radius 2 is 1.78 bits per heavy atom. The Hall–Kier alpha value is -2.70. The normalized spacial score (nSPS) is 11.5. The van der Waals surface area contributed by atoms with E-state index in [1.165, 1.54) is 19.1 Å². The van der Waals surface area contributed by atoms with Crippen LogP contribution in [0.4, 0.5) is 10.2 Å². The Labute approximate surface area is 166 Å². The molecule has 27 heavy (non-hydrogen) atoms. The maximum absolute atomic E-state index is 13.3. The highest BCUT2D eigenvalue weighted by Crippen LogP contribution is 2.37. The lowest BCUT2D eigenvalue weighted by molar-refractivity contribution is -0.130. The zero-order valence-corrected chi connectivity index (χ0v) is 15.8. The lowest BCUT2D eigenvalue weighted by Crippen LogP contribution is -2.36. The molecule has 0 aliphatic heterocycles. The maximum atomic E-state index is 13.3. The Morgan fingerprint density at radius 1 is 1.15 bits per heavy atom. The second kappa shape index (κ2) is 8.33. The van der Waals surface area contributed by atoms with Gasteiger partial charge in [0.1, 0.15) is 11.7 Å². The molecule has 0 spiro atoms. The topological polar surface area (TPSA) is 76.3 Å². The van der Waals surface area contributed by atoms with Crippen LogP contribution in [0.15, 0.2) is 54.7 Å². The molecule has 5 nitrogen and oxygen atoms in total. The van der Waals surface area contributed by atoms with Gasteiger partial charge in [0, 0.05) is 28.9 Å². The summed E-state index contributed by atoms with van der Waals surface area (Å²) in [4.78, 5) is 28.1. The Kier molecular flexibility index (Phi) is 6.36. The number of fused-ring (bicyclic) bond motifs is 1. The van der Waals surface area contributed by atoms with E-state index in [-0.39, 0.29) is 24.0 Å². The molecule has 0 saturated heterocycles. The predicted octanol–water partition coefficient (Wildman–Crippen LogP) is 4.07. The number of pyridine rings is 1. The minimum Gasteiger partial charge on any atom is -0.369 e. The fourth-order valence-electron chi connectivity index (χ4n) is 2.60. The van der Waals surface area contributed by atoms with Crippen molar-refractivity contribution in [3.8, 4) is 11.1 Å². The molecule has 1 unspecified atom stereocenters. The minimum absolute atomic E-state index is 0. The van der Waals surface area contributed by atoms with Gasteiger partial charge < -0.3 is 5.73 Å². The van der Waals surface area contributed by atoms with Crippen LogP contribution in [0.5, 0.6) is 0 Å². The number of anilines is 1. The number of carbonyl (C=O) groups is 2. The summed E-state index contributed by atoms with van der Waals surface area (Å²) in [5.74, 6) is -2.82. The first-order valence-corrected chi connectivity index (χ1v) is 8.16. The van der Waals surface area contributed by atoms with Crippen LogP contribution in [0, 0.1) is 11.7 Å². The number of primary amides is 1. The van der Waals surface area contributed by atoms with Crippen molar-refractivity contribution in [2.75, 3.05) is 4.42 Å². The number of benzene rings is 2. The maximum Gasteiger partial charge on any atom is 0.255 e. The van der Waals surface area contributed by atoms with Crippen molar-refractivity contribution in [1.82, 2.24) is 4.98 Å². The summed E-state index contributed by atoms with van der Waals surface area (Å²) in [6.45, 7) is 1.37. The number of halogens is 3. The summed E-state index contributed by atoms with van der Waals surface area (Å²) in [6.07, 6.45) is 1.58. The van der Waals surface area contributed by atoms with Crippen molar-refractivity contribution in [3.05, 3.63) is 60.5 Å². The van der Waals surface area contributed by atoms with Crippen molar-refractivity contribution in [2.24, 2.45) is 11.7 Å². The third-order valence-corrected chi connectivity index (χ3v) is 4.42. The van der Waals surface area contributed by atoms with Crippen LogP contribution < -0.4 is 10.2 Å². The highest BCUT2D eigenvalue weighted by atomic mass is 35.5. The van der Waals surface area contributed by atoms with Gasteiger partial charge in [-0.25, -0.2) is 13.8 Å². The fourth-order valence-corrected chi connectivity index (χ4v) is 2.87. The largest absolute Gasteiger partial charge is 0.369 e. The smallest absolute Gasteiger partial charge is 0.255 e. The molecular weight excluding hydrogens is 392 g/mol. The van der Waals surface area contributed by atoms with E-state index in [1.54, 1.807) is 18.3 Å². The second-order valence-corrected chi connectivity index (χ2v) is 6.13. The number of hydrogen-bond donors (Lipinski definition) is 1. The average Bonchev–Trinajstić information content (AvgIpc) is 2.66. The summed E-state index contributed by atoms with van der Waals surface area (Å²) < 4.78 is 14.1. The van der Waals surface area contributed by atoms with Crippen LogP contribution in [0.2, 0.25) is 0 Å². The summed E-state index contributed by atoms with van der Waals surface area (Å²) in [5.41, 5.74) is 6.40. The fraction of sp³-hybridized carbons (Fsp3) is 0.105. The summed E-state index contributed by atoms with van der Waals surface area (Å²) in [5, 5.41) is 1.62. The molecule has 1 atom stereocenters. The van der Waals surface area contributed by atoms with E-state index >= 15 is 0 Å². The SMILES string of the molecule is CC(C(N)=O)C(=O)N(Cl)c1ncc2ccccc2c1-c1ccc(F)cc1.Cl. The van der Waals surface area contributed by atoms with Gasteiger partial charge in [-0.05, 0) is 30.0 Å². The Balaban J connectivity index is 0.00000261. The molecular formula is C19H16Cl2FN3O2. The van der Waals surface area contributed by atoms with Crippen LogP contribution in [0.3, 0.4) is 0 Å². The molecule has 0 aliphatic rings. The third-order valence-electron chi connectivity index (χ3n) is 4.09. The first kappa shape index (κ1) is 20.6. The van der Waals surface area contributed by atoms with E-state index in [9.17, 15) is 14.0 Å². The minimum atomic E-state index is -1.11.